The van der Waals surface area contributed by atoms with Crippen molar-refractivity contribution in [2.24, 2.45) is 0 Å². The highest BCUT2D eigenvalue weighted by Crippen LogP contribution is 2.23. The predicted molar refractivity (Wildman–Crippen MR) is 108 cm³/mol. The number of ether oxygens (including phenoxy) is 1. The molecule has 2 aromatic rings. The number of rotatable bonds is 6. The molecule has 0 saturated heterocycles. The molecule has 0 aliphatic heterocycles. The number of aryl methyl sites for hydroxylation is 1. The Kier molecular flexibility index (Phi) is 6.78. The average molecular weight is 367 g/mol. The maximum atomic E-state index is 13.1. The van der Waals surface area contributed by atoms with Crippen molar-refractivity contribution in [2.75, 3.05) is 13.7 Å². The van der Waals surface area contributed by atoms with E-state index in [1.54, 1.807) is 4.90 Å². The first-order valence-electron chi connectivity index (χ1n) is 9.23. The van der Waals surface area contributed by atoms with E-state index in [4.69, 9.17) is 4.74 Å². The third kappa shape index (κ3) is 5.95. The molecular weight excluding hydrogens is 338 g/mol. The summed E-state index contributed by atoms with van der Waals surface area (Å²) in [7, 11) is 1.36. The van der Waals surface area contributed by atoms with E-state index >= 15 is 0 Å². The van der Waals surface area contributed by atoms with Crippen LogP contribution in [0.3, 0.4) is 0 Å². The monoisotopic (exact) mass is 367 g/mol. The number of carbonyl (C=O) groups excluding carboxylic acids is 2. The summed E-state index contributed by atoms with van der Waals surface area (Å²) in [6.45, 7) is 9.23. The lowest BCUT2D eigenvalue weighted by atomic mass is 9.86. The third-order valence-corrected chi connectivity index (χ3v) is 4.59. The summed E-state index contributed by atoms with van der Waals surface area (Å²) in [5.41, 5.74) is 4.04. The third-order valence-electron chi connectivity index (χ3n) is 4.59. The molecule has 4 nitrogen and oxygen atoms in total. The molecule has 0 aliphatic carbocycles. The number of carbonyl (C=O) groups is 2. The van der Waals surface area contributed by atoms with Crippen LogP contribution in [0.25, 0.3) is 0 Å². The smallest absolute Gasteiger partial charge is 0.307 e. The molecule has 0 atom stereocenters. The zero-order chi connectivity index (χ0) is 20.0. The SMILES string of the molecule is COC(=O)CCN(Cc1ccc(C)cc1)C(=O)c1ccc(C(C)(C)C)cc1. The fourth-order valence-corrected chi connectivity index (χ4v) is 2.79. The van der Waals surface area contributed by atoms with E-state index < -0.39 is 0 Å². The van der Waals surface area contributed by atoms with E-state index in [2.05, 4.69) is 20.8 Å². The summed E-state index contributed by atoms with van der Waals surface area (Å²) in [6, 6.07) is 15.8. The van der Waals surface area contributed by atoms with Crippen LogP contribution < -0.4 is 0 Å². The molecule has 2 rings (SSSR count). The minimum atomic E-state index is -0.320. The van der Waals surface area contributed by atoms with Gasteiger partial charge in [0.05, 0.1) is 13.5 Å². The molecule has 0 saturated carbocycles. The van der Waals surface area contributed by atoms with Crippen molar-refractivity contribution in [1.29, 1.82) is 0 Å². The van der Waals surface area contributed by atoms with Gasteiger partial charge < -0.3 is 9.64 Å². The first-order valence-corrected chi connectivity index (χ1v) is 9.23. The fraction of sp³-hybridized carbons (Fsp3) is 0.391. The molecule has 0 N–H and O–H groups in total. The normalized spacial score (nSPS) is 11.1. The Bertz CT molecular complexity index is 771. The van der Waals surface area contributed by atoms with Gasteiger partial charge in [-0.3, -0.25) is 9.59 Å². The van der Waals surface area contributed by atoms with Gasteiger partial charge in [-0.1, -0.05) is 62.7 Å². The van der Waals surface area contributed by atoms with Gasteiger partial charge in [0, 0.05) is 18.7 Å². The summed E-state index contributed by atoms with van der Waals surface area (Å²) in [6.07, 6.45) is 0.175. The topological polar surface area (TPSA) is 46.6 Å². The molecule has 0 aliphatic rings. The molecule has 0 unspecified atom stereocenters. The van der Waals surface area contributed by atoms with Crippen LogP contribution in [0, 0.1) is 6.92 Å². The zero-order valence-corrected chi connectivity index (χ0v) is 16.9. The number of methoxy groups -OCH3 is 1. The number of nitrogens with zero attached hydrogens (tertiary/aromatic N) is 1. The number of hydrogen-bond donors (Lipinski definition) is 0. The van der Waals surface area contributed by atoms with Gasteiger partial charge in [0.25, 0.3) is 5.91 Å². The lowest BCUT2D eigenvalue weighted by Gasteiger charge is -2.24. The number of hydrogen-bond acceptors (Lipinski definition) is 3. The molecule has 1 amide bonds. The highest BCUT2D eigenvalue weighted by atomic mass is 16.5. The molecule has 0 radical (unpaired) electrons. The lowest BCUT2D eigenvalue weighted by Crippen LogP contribution is -2.32. The maximum Gasteiger partial charge on any atom is 0.307 e. The van der Waals surface area contributed by atoms with Gasteiger partial charge in [0.2, 0.25) is 0 Å². The van der Waals surface area contributed by atoms with Gasteiger partial charge in [-0.05, 0) is 35.6 Å². The minimum Gasteiger partial charge on any atom is -0.469 e. The second-order valence-corrected chi connectivity index (χ2v) is 7.87. The van der Waals surface area contributed by atoms with Crippen molar-refractivity contribution in [2.45, 2.75) is 46.1 Å². The van der Waals surface area contributed by atoms with Crippen LogP contribution in [0.4, 0.5) is 0 Å². The van der Waals surface area contributed by atoms with Crippen molar-refractivity contribution in [3.8, 4) is 0 Å². The van der Waals surface area contributed by atoms with Gasteiger partial charge in [-0.25, -0.2) is 0 Å². The van der Waals surface area contributed by atoms with Crippen LogP contribution >= 0.6 is 0 Å². The molecule has 0 bridgehead atoms. The Morgan fingerprint density at radius 3 is 2.07 bits per heavy atom. The van der Waals surface area contributed by atoms with Crippen LogP contribution in [0.1, 0.15) is 54.2 Å². The lowest BCUT2D eigenvalue weighted by molar-refractivity contribution is -0.140. The van der Waals surface area contributed by atoms with Crippen LogP contribution in [-0.2, 0) is 21.5 Å². The standard InChI is InChI=1S/C23H29NO3/c1-17-6-8-18(9-7-17)16-24(15-14-21(25)27-5)22(26)19-10-12-20(13-11-19)23(2,3)4/h6-13H,14-16H2,1-5H3. The molecule has 0 fully saturated rings. The Morgan fingerprint density at radius 2 is 1.56 bits per heavy atom. The van der Waals surface area contributed by atoms with Crippen molar-refractivity contribution in [3.05, 3.63) is 70.8 Å². The van der Waals surface area contributed by atoms with E-state index in [1.807, 2.05) is 55.5 Å². The first kappa shape index (κ1) is 20.7. The second kappa shape index (κ2) is 8.85. The Hall–Kier alpha value is -2.62. The highest BCUT2D eigenvalue weighted by molar-refractivity contribution is 5.94. The first-order chi connectivity index (χ1) is 12.7. The summed E-state index contributed by atoms with van der Waals surface area (Å²) >= 11 is 0. The molecule has 27 heavy (non-hydrogen) atoms. The van der Waals surface area contributed by atoms with Gasteiger partial charge in [0.1, 0.15) is 0 Å². The fourth-order valence-electron chi connectivity index (χ4n) is 2.79. The van der Waals surface area contributed by atoms with Gasteiger partial charge in [-0.2, -0.15) is 0 Å². The highest BCUT2D eigenvalue weighted by Gasteiger charge is 2.19. The molecule has 144 valence electrons. The van der Waals surface area contributed by atoms with Gasteiger partial charge >= 0.3 is 5.97 Å². The Balaban J connectivity index is 2.21. The summed E-state index contributed by atoms with van der Waals surface area (Å²) in [5.74, 6) is -0.403. The number of amides is 1. The van der Waals surface area contributed by atoms with Crippen molar-refractivity contribution in [3.63, 3.8) is 0 Å². The quantitative estimate of drug-likeness (QED) is 0.706. The largest absolute Gasteiger partial charge is 0.469 e. The zero-order valence-electron chi connectivity index (χ0n) is 16.9. The maximum absolute atomic E-state index is 13.1. The van der Waals surface area contributed by atoms with E-state index in [-0.39, 0.29) is 23.7 Å². The van der Waals surface area contributed by atoms with E-state index in [0.29, 0.717) is 18.7 Å². The molecule has 4 heteroatoms. The summed E-state index contributed by atoms with van der Waals surface area (Å²) in [5, 5.41) is 0. The van der Waals surface area contributed by atoms with E-state index in [0.717, 1.165) is 5.56 Å². The van der Waals surface area contributed by atoms with Crippen LogP contribution in [0.5, 0.6) is 0 Å². The minimum absolute atomic E-state index is 0.0358. The van der Waals surface area contributed by atoms with Gasteiger partial charge in [-0.15, -0.1) is 0 Å². The molecular formula is C23H29NO3. The second-order valence-electron chi connectivity index (χ2n) is 7.87. The van der Waals surface area contributed by atoms with Crippen molar-refractivity contribution < 1.29 is 14.3 Å². The molecule has 0 spiro atoms. The van der Waals surface area contributed by atoms with E-state index in [9.17, 15) is 9.59 Å². The van der Waals surface area contributed by atoms with Crippen LogP contribution in [-0.4, -0.2) is 30.4 Å². The molecule has 0 heterocycles. The number of esters is 1. The van der Waals surface area contributed by atoms with Gasteiger partial charge in [0.15, 0.2) is 0 Å². The Labute approximate surface area is 162 Å². The number of benzene rings is 2. The molecule has 2 aromatic carbocycles. The average Bonchev–Trinajstić information content (AvgIpc) is 2.65. The van der Waals surface area contributed by atoms with Crippen molar-refractivity contribution in [1.82, 2.24) is 4.90 Å². The van der Waals surface area contributed by atoms with Crippen molar-refractivity contribution >= 4 is 11.9 Å². The van der Waals surface area contributed by atoms with E-state index in [1.165, 1.54) is 18.2 Å². The summed E-state index contributed by atoms with van der Waals surface area (Å²) in [4.78, 5) is 26.3. The predicted octanol–water partition coefficient (Wildman–Crippen LogP) is 4.50. The molecule has 0 aromatic heterocycles. The summed E-state index contributed by atoms with van der Waals surface area (Å²) < 4.78 is 4.73. The Morgan fingerprint density at radius 1 is 0.963 bits per heavy atom. The van der Waals surface area contributed by atoms with Crippen LogP contribution in [0.15, 0.2) is 48.5 Å². The van der Waals surface area contributed by atoms with Crippen LogP contribution in [0.2, 0.25) is 0 Å².